The Labute approximate surface area is 144 Å². The van der Waals surface area contributed by atoms with Crippen LogP contribution < -0.4 is 0 Å². The molecule has 7 nitrogen and oxygen atoms in total. The van der Waals surface area contributed by atoms with Crippen molar-refractivity contribution in [2.45, 2.75) is 12.6 Å². The van der Waals surface area contributed by atoms with Crippen LogP contribution in [0.2, 0.25) is 0 Å². The number of alkyl halides is 1. The second-order valence-corrected chi connectivity index (χ2v) is 8.25. The molecular formula is C16H16FN5O2S. The van der Waals surface area contributed by atoms with Crippen molar-refractivity contribution in [3.63, 3.8) is 0 Å². The summed E-state index contributed by atoms with van der Waals surface area (Å²) in [5, 5.41) is 5.37. The Morgan fingerprint density at radius 1 is 1.24 bits per heavy atom. The van der Waals surface area contributed by atoms with E-state index >= 15 is 4.39 Å². The zero-order valence-electron chi connectivity index (χ0n) is 13.7. The summed E-state index contributed by atoms with van der Waals surface area (Å²) >= 11 is 0. The minimum Gasteiger partial charge on any atom is -0.264 e. The molecule has 1 fully saturated rings. The van der Waals surface area contributed by atoms with Gasteiger partial charge in [-0.2, -0.15) is 9.40 Å². The maximum absolute atomic E-state index is 15.0. The third-order valence-electron chi connectivity index (χ3n) is 4.40. The zero-order valence-corrected chi connectivity index (χ0v) is 14.5. The van der Waals surface area contributed by atoms with Gasteiger partial charge in [-0.05, 0) is 25.1 Å². The smallest absolute Gasteiger partial charge is 0.211 e. The lowest BCUT2D eigenvalue weighted by Crippen LogP contribution is -2.58. The molecule has 0 spiro atoms. The molecule has 0 aromatic carbocycles. The van der Waals surface area contributed by atoms with Crippen LogP contribution in [0.25, 0.3) is 16.7 Å². The molecule has 0 atom stereocenters. The van der Waals surface area contributed by atoms with Crippen molar-refractivity contribution in [2.75, 3.05) is 19.3 Å². The Morgan fingerprint density at radius 3 is 2.72 bits per heavy atom. The molecule has 9 heteroatoms. The fourth-order valence-electron chi connectivity index (χ4n) is 2.98. The van der Waals surface area contributed by atoms with Gasteiger partial charge in [0.1, 0.15) is 0 Å². The van der Waals surface area contributed by atoms with E-state index < -0.39 is 15.7 Å². The maximum atomic E-state index is 15.0. The van der Waals surface area contributed by atoms with Crippen LogP contribution in [0.3, 0.4) is 0 Å². The Kier molecular flexibility index (Phi) is 3.41. The fraction of sp³-hybridized carbons (Fsp3) is 0.312. The van der Waals surface area contributed by atoms with Crippen molar-refractivity contribution in [2.24, 2.45) is 0 Å². The SMILES string of the molecule is Cc1nn(-c2cccc(C3(F)CN(S(C)(=O)=O)C3)n2)c2ccncc12. The number of pyridine rings is 2. The van der Waals surface area contributed by atoms with Gasteiger partial charge in [0.2, 0.25) is 10.0 Å². The molecule has 0 unspecified atom stereocenters. The normalized spacial score (nSPS) is 17.6. The van der Waals surface area contributed by atoms with Crippen molar-refractivity contribution < 1.29 is 12.8 Å². The van der Waals surface area contributed by atoms with E-state index in [9.17, 15) is 8.42 Å². The second-order valence-electron chi connectivity index (χ2n) is 6.27. The molecule has 25 heavy (non-hydrogen) atoms. The first-order valence-corrected chi connectivity index (χ1v) is 9.54. The van der Waals surface area contributed by atoms with Gasteiger partial charge in [0.15, 0.2) is 11.5 Å². The Balaban J connectivity index is 1.73. The van der Waals surface area contributed by atoms with Gasteiger partial charge in [-0.1, -0.05) is 6.07 Å². The largest absolute Gasteiger partial charge is 0.264 e. The van der Waals surface area contributed by atoms with Crippen molar-refractivity contribution >= 4 is 20.9 Å². The van der Waals surface area contributed by atoms with E-state index in [1.807, 2.05) is 13.0 Å². The first-order chi connectivity index (χ1) is 11.8. The standard InChI is InChI=1S/C16H16FN5O2S/c1-11-12-8-18-7-6-13(12)22(20-11)15-5-3-4-14(19-15)16(17)9-21(10-16)25(2,23)24/h3-8H,9-10H2,1-2H3. The van der Waals surface area contributed by atoms with Crippen LogP contribution in [-0.4, -0.2) is 51.8 Å². The number of nitrogens with zero attached hydrogens (tertiary/aromatic N) is 5. The van der Waals surface area contributed by atoms with Gasteiger partial charge in [0, 0.05) is 17.8 Å². The van der Waals surface area contributed by atoms with E-state index in [4.69, 9.17) is 0 Å². The van der Waals surface area contributed by atoms with Gasteiger partial charge in [0.25, 0.3) is 0 Å². The molecule has 0 N–H and O–H groups in total. The first-order valence-electron chi connectivity index (χ1n) is 7.69. The summed E-state index contributed by atoms with van der Waals surface area (Å²) in [4.78, 5) is 8.50. The summed E-state index contributed by atoms with van der Waals surface area (Å²) in [7, 11) is -3.39. The van der Waals surface area contributed by atoms with Gasteiger partial charge in [-0.15, -0.1) is 0 Å². The summed E-state index contributed by atoms with van der Waals surface area (Å²) in [6.07, 6.45) is 4.46. The van der Waals surface area contributed by atoms with Crippen LogP contribution in [0, 0.1) is 6.92 Å². The lowest BCUT2D eigenvalue weighted by atomic mass is 9.94. The van der Waals surface area contributed by atoms with Crippen LogP contribution in [0.5, 0.6) is 0 Å². The Morgan fingerprint density at radius 2 is 2.00 bits per heavy atom. The van der Waals surface area contributed by atoms with E-state index in [-0.39, 0.29) is 18.8 Å². The zero-order chi connectivity index (χ0) is 17.8. The molecule has 1 aliphatic heterocycles. The topological polar surface area (TPSA) is 81.0 Å². The van der Waals surface area contributed by atoms with Crippen LogP contribution in [0.1, 0.15) is 11.4 Å². The third kappa shape index (κ3) is 2.59. The predicted molar refractivity (Wildman–Crippen MR) is 90.6 cm³/mol. The number of sulfonamides is 1. The van der Waals surface area contributed by atoms with Gasteiger partial charge < -0.3 is 0 Å². The minimum absolute atomic E-state index is 0.209. The highest BCUT2D eigenvalue weighted by atomic mass is 32.2. The highest BCUT2D eigenvalue weighted by molar-refractivity contribution is 7.88. The lowest BCUT2D eigenvalue weighted by molar-refractivity contribution is 0.0144. The monoisotopic (exact) mass is 361 g/mol. The van der Waals surface area contributed by atoms with E-state index in [2.05, 4.69) is 15.1 Å². The number of fused-ring (bicyclic) bond motifs is 1. The molecule has 0 saturated carbocycles. The van der Waals surface area contributed by atoms with E-state index in [0.717, 1.165) is 27.2 Å². The number of hydrogen-bond donors (Lipinski definition) is 0. The quantitative estimate of drug-likeness (QED) is 0.707. The van der Waals surface area contributed by atoms with E-state index in [0.29, 0.717) is 5.82 Å². The molecule has 0 aliphatic carbocycles. The minimum atomic E-state index is -3.39. The first kappa shape index (κ1) is 16.1. The number of hydrogen-bond acceptors (Lipinski definition) is 5. The second kappa shape index (κ2) is 5.30. The van der Waals surface area contributed by atoms with Crippen LogP contribution in [0.15, 0.2) is 36.7 Å². The number of rotatable bonds is 3. The molecule has 0 radical (unpaired) electrons. The van der Waals surface area contributed by atoms with Crippen molar-refractivity contribution in [1.82, 2.24) is 24.1 Å². The molecule has 0 amide bonds. The molecule has 3 aromatic heterocycles. The molecule has 1 aliphatic rings. The van der Waals surface area contributed by atoms with Gasteiger partial charge in [0.05, 0.1) is 36.2 Å². The Bertz CT molecular complexity index is 1070. The number of aromatic nitrogens is 4. The van der Waals surface area contributed by atoms with Crippen LogP contribution in [-0.2, 0) is 15.7 Å². The highest BCUT2D eigenvalue weighted by Gasteiger charge is 2.50. The summed E-state index contributed by atoms with van der Waals surface area (Å²) < 4.78 is 40.7. The lowest BCUT2D eigenvalue weighted by Gasteiger charge is -2.42. The van der Waals surface area contributed by atoms with Gasteiger partial charge >= 0.3 is 0 Å². The van der Waals surface area contributed by atoms with E-state index in [1.54, 1.807) is 35.3 Å². The molecular weight excluding hydrogens is 345 g/mol. The molecule has 3 aromatic rings. The Hall–Kier alpha value is -2.39. The van der Waals surface area contributed by atoms with Crippen molar-refractivity contribution in [1.29, 1.82) is 0 Å². The summed E-state index contributed by atoms with van der Waals surface area (Å²) in [5.74, 6) is 0.483. The van der Waals surface area contributed by atoms with Gasteiger partial charge in [-0.3, -0.25) is 4.98 Å². The molecule has 0 bridgehead atoms. The fourth-order valence-corrected chi connectivity index (χ4v) is 3.86. The highest BCUT2D eigenvalue weighted by Crippen LogP contribution is 2.36. The average Bonchev–Trinajstić information content (AvgIpc) is 2.89. The number of aryl methyl sites for hydroxylation is 1. The maximum Gasteiger partial charge on any atom is 0.211 e. The predicted octanol–water partition coefficient (Wildman–Crippen LogP) is 1.56. The summed E-state index contributed by atoms with van der Waals surface area (Å²) in [5.41, 5.74) is 0.0624. The van der Waals surface area contributed by atoms with Crippen molar-refractivity contribution in [3.8, 4) is 5.82 Å². The van der Waals surface area contributed by atoms with Gasteiger partial charge in [-0.25, -0.2) is 22.5 Å². The summed E-state index contributed by atoms with van der Waals surface area (Å²) in [6, 6.07) is 6.84. The molecule has 4 rings (SSSR count). The number of halogens is 1. The van der Waals surface area contributed by atoms with Crippen LogP contribution >= 0.6 is 0 Å². The molecule has 1 saturated heterocycles. The molecule has 130 valence electrons. The molecule has 4 heterocycles. The summed E-state index contributed by atoms with van der Waals surface area (Å²) in [6.45, 7) is 1.44. The van der Waals surface area contributed by atoms with Crippen LogP contribution in [0.4, 0.5) is 4.39 Å². The third-order valence-corrected chi connectivity index (χ3v) is 5.60. The van der Waals surface area contributed by atoms with E-state index in [1.165, 1.54) is 0 Å². The van der Waals surface area contributed by atoms with Crippen molar-refractivity contribution in [3.05, 3.63) is 48.0 Å². The average molecular weight is 361 g/mol.